The Morgan fingerprint density at radius 3 is 2.71 bits per heavy atom. The third-order valence-electron chi connectivity index (χ3n) is 2.74. The summed E-state index contributed by atoms with van der Waals surface area (Å²) in [6.07, 6.45) is 1.45. The Kier molecular flexibility index (Phi) is 1.82. The van der Waals surface area contributed by atoms with E-state index in [4.69, 9.17) is 5.11 Å². The van der Waals surface area contributed by atoms with Crippen LogP contribution in [0.1, 0.15) is 10.5 Å². The van der Waals surface area contributed by atoms with Crippen LogP contribution >= 0.6 is 0 Å². The molecule has 0 aliphatic carbocycles. The van der Waals surface area contributed by atoms with Gasteiger partial charge in [0.2, 0.25) is 0 Å². The molecule has 3 N–H and O–H groups in total. The number of nitrogens with zero attached hydrogens (tertiary/aromatic N) is 1. The number of fused-ring (bicyclic) bond motifs is 3. The molecule has 0 atom stereocenters. The molecule has 3 rings (SSSR count). The van der Waals surface area contributed by atoms with Crippen LogP contribution in [0.2, 0.25) is 0 Å². The van der Waals surface area contributed by atoms with Crippen molar-refractivity contribution in [3.8, 4) is 5.75 Å². The maximum atomic E-state index is 11.0. The molecule has 0 aliphatic rings. The number of carboxylic acid groups (broad SMARTS) is 1. The number of H-pyrrole nitrogens is 1. The second kappa shape index (κ2) is 3.21. The summed E-state index contributed by atoms with van der Waals surface area (Å²) in [4.78, 5) is 17.8. The number of aromatic nitrogens is 2. The number of hydrogen-bond donors (Lipinski definition) is 3. The maximum Gasteiger partial charge on any atom is 0.356 e. The molecular weight excluding hydrogens is 220 g/mol. The number of para-hydroxylation sites is 1. The molecular formula is C12H8N2O3. The number of phenolic OH excluding ortho intramolecular Hbond substituents is 1. The summed E-state index contributed by atoms with van der Waals surface area (Å²) < 4.78 is 0. The normalized spacial score (nSPS) is 11.1. The van der Waals surface area contributed by atoms with Gasteiger partial charge >= 0.3 is 5.97 Å². The van der Waals surface area contributed by atoms with Gasteiger partial charge in [-0.25, -0.2) is 9.78 Å². The Morgan fingerprint density at radius 1 is 1.18 bits per heavy atom. The summed E-state index contributed by atoms with van der Waals surface area (Å²) in [7, 11) is 0. The van der Waals surface area contributed by atoms with Gasteiger partial charge in [-0.2, -0.15) is 0 Å². The van der Waals surface area contributed by atoms with E-state index in [0.717, 1.165) is 10.8 Å². The molecule has 0 saturated heterocycles. The molecule has 84 valence electrons. The number of carboxylic acids is 1. The molecule has 0 radical (unpaired) electrons. The molecule has 3 aromatic rings. The van der Waals surface area contributed by atoms with E-state index in [2.05, 4.69) is 9.97 Å². The number of pyridine rings is 1. The van der Waals surface area contributed by atoms with Crippen molar-refractivity contribution in [1.29, 1.82) is 0 Å². The molecule has 1 aromatic carbocycles. The highest BCUT2D eigenvalue weighted by Gasteiger charge is 2.15. The van der Waals surface area contributed by atoms with Crippen LogP contribution in [0, 0.1) is 0 Å². The number of nitrogens with one attached hydrogen (secondary N) is 1. The van der Waals surface area contributed by atoms with Gasteiger partial charge in [-0.05, 0) is 12.1 Å². The number of aromatic amines is 1. The van der Waals surface area contributed by atoms with Gasteiger partial charge in [0.15, 0.2) is 5.69 Å². The van der Waals surface area contributed by atoms with Crippen molar-refractivity contribution in [2.45, 2.75) is 0 Å². The highest BCUT2D eigenvalue weighted by Crippen LogP contribution is 2.31. The van der Waals surface area contributed by atoms with Crippen molar-refractivity contribution in [1.82, 2.24) is 9.97 Å². The van der Waals surface area contributed by atoms with E-state index < -0.39 is 5.97 Å². The first-order valence-corrected chi connectivity index (χ1v) is 5.00. The average molecular weight is 228 g/mol. The van der Waals surface area contributed by atoms with Crippen LogP contribution in [-0.2, 0) is 0 Å². The molecule has 0 saturated carbocycles. The first-order valence-electron chi connectivity index (χ1n) is 5.00. The fourth-order valence-electron chi connectivity index (χ4n) is 2.00. The second-order valence-electron chi connectivity index (χ2n) is 3.71. The van der Waals surface area contributed by atoms with Crippen molar-refractivity contribution in [3.63, 3.8) is 0 Å². The lowest BCUT2D eigenvalue weighted by atomic mass is 10.1. The summed E-state index contributed by atoms with van der Waals surface area (Å²) in [5.74, 6) is -1.00. The minimum atomic E-state index is -1.10. The van der Waals surface area contributed by atoms with E-state index in [1.165, 1.54) is 6.20 Å². The fourth-order valence-corrected chi connectivity index (χ4v) is 2.00. The molecule has 5 heteroatoms. The molecule has 2 heterocycles. The zero-order chi connectivity index (χ0) is 12.0. The van der Waals surface area contributed by atoms with Gasteiger partial charge in [-0.1, -0.05) is 12.1 Å². The van der Waals surface area contributed by atoms with Gasteiger partial charge in [0.25, 0.3) is 0 Å². The zero-order valence-corrected chi connectivity index (χ0v) is 8.64. The zero-order valence-electron chi connectivity index (χ0n) is 8.64. The molecule has 0 bridgehead atoms. The first-order chi connectivity index (χ1) is 8.18. The average Bonchev–Trinajstić information content (AvgIpc) is 2.69. The SMILES string of the molecule is O=C(O)c1nccc2c1[nH]c1c(O)cccc12. The number of benzene rings is 1. The van der Waals surface area contributed by atoms with Crippen molar-refractivity contribution in [2.75, 3.05) is 0 Å². The summed E-state index contributed by atoms with van der Waals surface area (Å²) in [6.45, 7) is 0. The number of rotatable bonds is 1. The van der Waals surface area contributed by atoms with Gasteiger partial charge in [-0.3, -0.25) is 0 Å². The summed E-state index contributed by atoms with van der Waals surface area (Å²) in [5.41, 5.74) is 0.910. The van der Waals surface area contributed by atoms with E-state index in [9.17, 15) is 9.90 Å². The van der Waals surface area contributed by atoms with Gasteiger partial charge < -0.3 is 15.2 Å². The van der Waals surface area contributed by atoms with Crippen LogP contribution in [0.15, 0.2) is 30.5 Å². The Morgan fingerprint density at radius 2 is 1.94 bits per heavy atom. The van der Waals surface area contributed by atoms with Crippen LogP contribution in [-0.4, -0.2) is 26.2 Å². The van der Waals surface area contributed by atoms with Crippen LogP contribution in [0.4, 0.5) is 0 Å². The number of phenols is 1. The molecule has 17 heavy (non-hydrogen) atoms. The topological polar surface area (TPSA) is 86.2 Å². The molecule has 0 amide bonds. The molecule has 0 aliphatic heterocycles. The summed E-state index contributed by atoms with van der Waals surface area (Å²) >= 11 is 0. The standard InChI is InChI=1S/C12H8N2O3/c15-8-3-1-2-6-7-4-5-13-11(12(16)17)10(7)14-9(6)8/h1-5,14-15H,(H,16,17). The van der Waals surface area contributed by atoms with E-state index in [0.29, 0.717) is 11.0 Å². The first kappa shape index (κ1) is 9.65. The Hall–Kier alpha value is -2.56. The molecule has 0 spiro atoms. The van der Waals surface area contributed by atoms with Crippen LogP contribution in [0.3, 0.4) is 0 Å². The Balaban J connectivity index is 2.55. The monoisotopic (exact) mass is 228 g/mol. The van der Waals surface area contributed by atoms with E-state index in [-0.39, 0.29) is 11.4 Å². The molecule has 5 nitrogen and oxygen atoms in total. The fraction of sp³-hybridized carbons (Fsp3) is 0. The quantitative estimate of drug-likeness (QED) is 0.595. The number of aromatic hydroxyl groups is 1. The van der Waals surface area contributed by atoms with Crippen molar-refractivity contribution < 1.29 is 15.0 Å². The number of hydrogen-bond acceptors (Lipinski definition) is 3. The second-order valence-corrected chi connectivity index (χ2v) is 3.71. The minimum absolute atomic E-state index is 0.0434. The third kappa shape index (κ3) is 1.25. The van der Waals surface area contributed by atoms with Gasteiger partial charge in [0, 0.05) is 17.0 Å². The number of aromatic carboxylic acids is 1. The van der Waals surface area contributed by atoms with Crippen molar-refractivity contribution in [2.24, 2.45) is 0 Å². The molecule has 2 aromatic heterocycles. The van der Waals surface area contributed by atoms with Gasteiger partial charge in [0.1, 0.15) is 5.75 Å². The van der Waals surface area contributed by atoms with Crippen molar-refractivity contribution in [3.05, 3.63) is 36.2 Å². The predicted molar refractivity (Wildman–Crippen MR) is 62.2 cm³/mol. The number of carbonyl (C=O) groups is 1. The molecule has 0 fully saturated rings. The highest BCUT2D eigenvalue weighted by molar-refractivity contribution is 6.13. The largest absolute Gasteiger partial charge is 0.506 e. The van der Waals surface area contributed by atoms with Gasteiger partial charge in [-0.15, -0.1) is 0 Å². The van der Waals surface area contributed by atoms with Crippen molar-refractivity contribution >= 4 is 27.8 Å². The summed E-state index contributed by atoms with van der Waals surface area (Å²) in [5, 5.41) is 20.3. The Bertz CT molecular complexity index is 746. The van der Waals surface area contributed by atoms with E-state index >= 15 is 0 Å². The van der Waals surface area contributed by atoms with Crippen LogP contribution in [0.5, 0.6) is 5.75 Å². The Labute approximate surface area is 95.3 Å². The lowest BCUT2D eigenvalue weighted by Crippen LogP contribution is -2.00. The highest BCUT2D eigenvalue weighted by atomic mass is 16.4. The van der Waals surface area contributed by atoms with Crippen LogP contribution in [0.25, 0.3) is 21.8 Å². The maximum absolute atomic E-state index is 11.0. The predicted octanol–water partition coefficient (Wildman–Crippen LogP) is 2.12. The van der Waals surface area contributed by atoms with E-state index in [1.54, 1.807) is 18.2 Å². The lowest BCUT2D eigenvalue weighted by molar-refractivity contribution is 0.0692. The molecule has 0 unspecified atom stereocenters. The van der Waals surface area contributed by atoms with Gasteiger partial charge in [0.05, 0.1) is 11.0 Å². The van der Waals surface area contributed by atoms with Crippen LogP contribution < -0.4 is 0 Å². The third-order valence-corrected chi connectivity index (χ3v) is 2.74. The summed E-state index contributed by atoms with van der Waals surface area (Å²) in [6, 6.07) is 6.80. The van der Waals surface area contributed by atoms with E-state index in [1.807, 2.05) is 6.07 Å². The minimum Gasteiger partial charge on any atom is -0.506 e. The smallest absolute Gasteiger partial charge is 0.356 e. The lowest BCUT2D eigenvalue weighted by Gasteiger charge is -1.94.